The average Bonchev–Trinajstić information content (AvgIpc) is 2.30. The molecular formula is C12H18ClN3. The fourth-order valence-electron chi connectivity index (χ4n) is 1.46. The Morgan fingerprint density at radius 2 is 2.31 bits per heavy atom. The van der Waals surface area contributed by atoms with Gasteiger partial charge in [0.1, 0.15) is 5.15 Å². The van der Waals surface area contributed by atoms with Gasteiger partial charge in [-0.3, -0.25) is 0 Å². The fourth-order valence-corrected chi connectivity index (χ4v) is 1.57. The summed E-state index contributed by atoms with van der Waals surface area (Å²) < 4.78 is 0. The lowest BCUT2D eigenvalue weighted by Crippen LogP contribution is -2.29. The van der Waals surface area contributed by atoms with Gasteiger partial charge in [0, 0.05) is 26.3 Å². The molecular weight excluding hydrogens is 222 g/mol. The maximum Gasteiger partial charge on any atom is 0.129 e. The first-order chi connectivity index (χ1) is 7.67. The van der Waals surface area contributed by atoms with Crippen LogP contribution in [0, 0.1) is 0 Å². The molecule has 0 unspecified atom stereocenters. The molecule has 0 aliphatic carbocycles. The number of aromatic nitrogens is 1. The summed E-state index contributed by atoms with van der Waals surface area (Å²) in [5.74, 6) is 0.928. The Labute approximate surface area is 102 Å². The van der Waals surface area contributed by atoms with Crippen molar-refractivity contribution in [1.29, 1.82) is 0 Å². The SMILES string of the molecule is C=C(NC)N(CCC)Cc1ccc(Cl)nc1. The van der Waals surface area contributed by atoms with E-state index < -0.39 is 0 Å². The van der Waals surface area contributed by atoms with Gasteiger partial charge >= 0.3 is 0 Å². The van der Waals surface area contributed by atoms with E-state index in [0.717, 1.165) is 30.9 Å². The molecule has 0 aliphatic heterocycles. The van der Waals surface area contributed by atoms with Crippen molar-refractivity contribution >= 4 is 11.6 Å². The quantitative estimate of drug-likeness (QED) is 0.774. The minimum atomic E-state index is 0.526. The number of rotatable bonds is 6. The number of halogens is 1. The zero-order chi connectivity index (χ0) is 12.0. The van der Waals surface area contributed by atoms with Crippen LogP contribution in [0.25, 0.3) is 0 Å². The Hall–Kier alpha value is -1.22. The third-order valence-corrected chi connectivity index (χ3v) is 2.55. The third kappa shape index (κ3) is 3.74. The lowest BCUT2D eigenvalue weighted by Gasteiger charge is -2.25. The Morgan fingerprint density at radius 3 is 2.81 bits per heavy atom. The summed E-state index contributed by atoms with van der Waals surface area (Å²) >= 11 is 5.74. The van der Waals surface area contributed by atoms with E-state index in [1.54, 1.807) is 6.20 Å². The van der Waals surface area contributed by atoms with Gasteiger partial charge < -0.3 is 10.2 Å². The van der Waals surface area contributed by atoms with Gasteiger partial charge in [0.05, 0.1) is 5.82 Å². The Bertz CT molecular complexity index is 335. The van der Waals surface area contributed by atoms with Crippen molar-refractivity contribution in [1.82, 2.24) is 15.2 Å². The molecule has 0 saturated heterocycles. The van der Waals surface area contributed by atoms with Crippen LogP contribution in [-0.4, -0.2) is 23.5 Å². The third-order valence-electron chi connectivity index (χ3n) is 2.33. The molecule has 0 amide bonds. The summed E-state index contributed by atoms with van der Waals surface area (Å²) in [6, 6.07) is 3.80. The van der Waals surface area contributed by atoms with Crippen LogP contribution >= 0.6 is 11.6 Å². The summed E-state index contributed by atoms with van der Waals surface area (Å²) in [4.78, 5) is 6.25. The summed E-state index contributed by atoms with van der Waals surface area (Å²) in [6.07, 6.45) is 2.88. The molecule has 1 heterocycles. The standard InChI is InChI=1S/C12H18ClN3/c1-4-7-16(10(2)14-3)9-11-5-6-12(13)15-8-11/h5-6,8,14H,2,4,7,9H2,1,3H3. The number of hydrogen-bond donors (Lipinski definition) is 1. The second-order valence-electron chi connectivity index (χ2n) is 3.61. The molecule has 0 saturated carbocycles. The summed E-state index contributed by atoms with van der Waals surface area (Å²) in [5, 5.41) is 3.59. The van der Waals surface area contributed by atoms with Gasteiger partial charge in [0.2, 0.25) is 0 Å². The minimum Gasteiger partial charge on any atom is -0.375 e. The largest absolute Gasteiger partial charge is 0.375 e. The van der Waals surface area contributed by atoms with Crippen LogP contribution in [0.3, 0.4) is 0 Å². The highest BCUT2D eigenvalue weighted by Crippen LogP contribution is 2.10. The second kappa shape index (κ2) is 6.38. The van der Waals surface area contributed by atoms with E-state index in [1.165, 1.54) is 0 Å². The predicted octanol–water partition coefficient (Wildman–Crippen LogP) is 2.64. The Kier molecular flexibility index (Phi) is 5.12. The van der Waals surface area contributed by atoms with Crippen molar-refractivity contribution < 1.29 is 0 Å². The van der Waals surface area contributed by atoms with Crippen LogP contribution in [0.15, 0.2) is 30.7 Å². The predicted molar refractivity (Wildman–Crippen MR) is 68.1 cm³/mol. The van der Waals surface area contributed by atoms with Gasteiger partial charge in [-0.1, -0.05) is 31.2 Å². The molecule has 16 heavy (non-hydrogen) atoms. The monoisotopic (exact) mass is 239 g/mol. The van der Waals surface area contributed by atoms with Crippen LogP contribution in [0.1, 0.15) is 18.9 Å². The van der Waals surface area contributed by atoms with Crippen molar-refractivity contribution in [2.75, 3.05) is 13.6 Å². The number of pyridine rings is 1. The van der Waals surface area contributed by atoms with E-state index in [1.807, 2.05) is 19.2 Å². The van der Waals surface area contributed by atoms with E-state index in [4.69, 9.17) is 11.6 Å². The summed E-state index contributed by atoms with van der Waals surface area (Å²) in [6.45, 7) is 7.90. The topological polar surface area (TPSA) is 28.2 Å². The molecule has 1 aromatic rings. The summed E-state index contributed by atoms with van der Waals surface area (Å²) in [5.41, 5.74) is 1.13. The molecule has 0 atom stereocenters. The van der Waals surface area contributed by atoms with Crippen LogP contribution < -0.4 is 5.32 Å². The molecule has 3 nitrogen and oxygen atoms in total. The Balaban J connectivity index is 2.67. The van der Waals surface area contributed by atoms with E-state index in [9.17, 15) is 0 Å². The highest BCUT2D eigenvalue weighted by Gasteiger charge is 2.06. The van der Waals surface area contributed by atoms with Crippen molar-refractivity contribution in [3.63, 3.8) is 0 Å². The first kappa shape index (κ1) is 12.8. The van der Waals surface area contributed by atoms with E-state index in [0.29, 0.717) is 5.15 Å². The van der Waals surface area contributed by atoms with E-state index in [2.05, 4.69) is 28.7 Å². The van der Waals surface area contributed by atoms with Crippen molar-refractivity contribution in [3.05, 3.63) is 41.4 Å². The maximum absolute atomic E-state index is 5.74. The lowest BCUT2D eigenvalue weighted by atomic mass is 10.2. The molecule has 0 aliphatic rings. The van der Waals surface area contributed by atoms with Gasteiger partial charge in [-0.2, -0.15) is 0 Å². The van der Waals surface area contributed by atoms with Crippen LogP contribution in [0.2, 0.25) is 5.15 Å². The van der Waals surface area contributed by atoms with E-state index >= 15 is 0 Å². The normalized spacial score (nSPS) is 9.94. The molecule has 0 aromatic carbocycles. The van der Waals surface area contributed by atoms with Gasteiger partial charge in [-0.25, -0.2) is 4.98 Å². The molecule has 0 bridgehead atoms. The molecule has 4 heteroatoms. The number of nitrogens with one attached hydrogen (secondary N) is 1. The van der Waals surface area contributed by atoms with E-state index in [-0.39, 0.29) is 0 Å². The van der Waals surface area contributed by atoms with Crippen LogP contribution in [0.5, 0.6) is 0 Å². The van der Waals surface area contributed by atoms with Crippen molar-refractivity contribution in [3.8, 4) is 0 Å². The number of nitrogens with zero attached hydrogens (tertiary/aromatic N) is 2. The number of hydrogen-bond acceptors (Lipinski definition) is 3. The zero-order valence-electron chi connectivity index (χ0n) is 9.83. The van der Waals surface area contributed by atoms with Crippen LogP contribution in [0.4, 0.5) is 0 Å². The molecule has 1 N–H and O–H groups in total. The van der Waals surface area contributed by atoms with Crippen LogP contribution in [-0.2, 0) is 6.54 Å². The first-order valence-corrected chi connectivity index (χ1v) is 5.77. The molecule has 1 rings (SSSR count). The average molecular weight is 240 g/mol. The molecule has 0 spiro atoms. The maximum atomic E-state index is 5.74. The molecule has 1 aromatic heterocycles. The zero-order valence-corrected chi connectivity index (χ0v) is 10.6. The summed E-state index contributed by atoms with van der Waals surface area (Å²) in [7, 11) is 1.88. The minimum absolute atomic E-state index is 0.526. The molecule has 88 valence electrons. The second-order valence-corrected chi connectivity index (χ2v) is 3.99. The first-order valence-electron chi connectivity index (χ1n) is 5.39. The molecule has 0 radical (unpaired) electrons. The van der Waals surface area contributed by atoms with Gasteiger partial charge in [-0.05, 0) is 18.1 Å². The highest BCUT2D eigenvalue weighted by molar-refractivity contribution is 6.29. The van der Waals surface area contributed by atoms with Crippen molar-refractivity contribution in [2.24, 2.45) is 0 Å². The highest BCUT2D eigenvalue weighted by atomic mass is 35.5. The van der Waals surface area contributed by atoms with Gasteiger partial charge in [0.15, 0.2) is 0 Å². The van der Waals surface area contributed by atoms with Crippen molar-refractivity contribution in [2.45, 2.75) is 19.9 Å². The molecule has 0 fully saturated rings. The fraction of sp³-hybridized carbons (Fsp3) is 0.417. The smallest absolute Gasteiger partial charge is 0.129 e. The Morgan fingerprint density at radius 1 is 1.56 bits per heavy atom. The van der Waals surface area contributed by atoms with Gasteiger partial charge in [0.25, 0.3) is 0 Å². The lowest BCUT2D eigenvalue weighted by molar-refractivity contribution is 0.319. The van der Waals surface area contributed by atoms with Gasteiger partial charge in [-0.15, -0.1) is 0 Å².